The van der Waals surface area contributed by atoms with Gasteiger partial charge in [-0.15, -0.1) is 24.0 Å². The number of halogens is 1. The molecule has 0 amide bonds. The molecule has 162 valence electrons. The Balaban J connectivity index is 0.00000300. The normalized spacial score (nSPS) is 20.3. The SMILES string of the molecule is CCNC(=NCC1CCCOC1C(C)(C)C)NCCc1c[nH]c2ccccc12.I. The molecule has 2 aromatic rings. The second-order valence-corrected chi connectivity index (χ2v) is 8.82. The van der Waals surface area contributed by atoms with Gasteiger partial charge in [-0.2, -0.15) is 0 Å². The van der Waals surface area contributed by atoms with E-state index in [4.69, 9.17) is 9.73 Å². The smallest absolute Gasteiger partial charge is 0.191 e. The zero-order valence-corrected chi connectivity index (χ0v) is 20.6. The van der Waals surface area contributed by atoms with Crippen LogP contribution in [0.3, 0.4) is 0 Å². The predicted octanol–water partition coefficient (Wildman–Crippen LogP) is 4.72. The zero-order valence-electron chi connectivity index (χ0n) is 18.3. The van der Waals surface area contributed by atoms with Crippen LogP contribution in [-0.4, -0.2) is 43.3 Å². The Kier molecular flexibility index (Phi) is 9.27. The molecule has 2 unspecified atom stereocenters. The van der Waals surface area contributed by atoms with E-state index >= 15 is 0 Å². The number of guanidine groups is 1. The highest BCUT2D eigenvalue weighted by molar-refractivity contribution is 14.0. The van der Waals surface area contributed by atoms with Crippen LogP contribution in [0.5, 0.6) is 0 Å². The molecular weight excluding hydrogens is 475 g/mol. The number of aromatic amines is 1. The van der Waals surface area contributed by atoms with Gasteiger partial charge < -0.3 is 20.4 Å². The third-order valence-corrected chi connectivity index (χ3v) is 5.49. The van der Waals surface area contributed by atoms with Crippen molar-refractivity contribution in [1.82, 2.24) is 15.6 Å². The van der Waals surface area contributed by atoms with Gasteiger partial charge in [0.1, 0.15) is 0 Å². The largest absolute Gasteiger partial charge is 0.377 e. The van der Waals surface area contributed by atoms with Crippen LogP contribution in [0.25, 0.3) is 10.9 Å². The van der Waals surface area contributed by atoms with E-state index in [-0.39, 0.29) is 35.5 Å². The van der Waals surface area contributed by atoms with Crippen molar-refractivity contribution in [3.05, 3.63) is 36.0 Å². The summed E-state index contributed by atoms with van der Waals surface area (Å²) in [5.74, 6) is 1.39. The van der Waals surface area contributed by atoms with E-state index in [1.165, 1.54) is 22.9 Å². The molecule has 3 rings (SSSR count). The first-order chi connectivity index (χ1) is 13.5. The third kappa shape index (κ3) is 6.60. The van der Waals surface area contributed by atoms with Crippen molar-refractivity contribution in [2.24, 2.45) is 16.3 Å². The summed E-state index contributed by atoms with van der Waals surface area (Å²) >= 11 is 0. The number of rotatable bonds is 6. The number of nitrogens with zero attached hydrogens (tertiary/aromatic N) is 1. The molecule has 1 aliphatic rings. The van der Waals surface area contributed by atoms with E-state index in [0.29, 0.717) is 5.92 Å². The van der Waals surface area contributed by atoms with Gasteiger partial charge in [-0.25, -0.2) is 0 Å². The van der Waals surface area contributed by atoms with E-state index in [1.807, 2.05) is 0 Å². The maximum absolute atomic E-state index is 6.10. The average Bonchev–Trinajstić information content (AvgIpc) is 3.09. The van der Waals surface area contributed by atoms with Crippen LogP contribution in [-0.2, 0) is 11.2 Å². The molecule has 0 bridgehead atoms. The van der Waals surface area contributed by atoms with Crippen molar-refractivity contribution >= 4 is 40.8 Å². The van der Waals surface area contributed by atoms with Crippen molar-refractivity contribution < 1.29 is 4.74 Å². The minimum absolute atomic E-state index is 0. The van der Waals surface area contributed by atoms with E-state index in [2.05, 4.69) is 73.8 Å². The maximum Gasteiger partial charge on any atom is 0.191 e. The fraction of sp³-hybridized carbons (Fsp3) is 0.609. The van der Waals surface area contributed by atoms with E-state index in [0.717, 1.165) is 45.0 Å². The van der Waals surface area contributed by atoms with Crippen LogP contribution in [0.2, 0.25) is 0 Å². The summed E-state index contributed by atoms with van der Waals surface area (Å²) in [7, 11) is 0. The lowest BCUT2D eigenvalue weighted by Gasteiger charge is -2.39. The lowest BCUT2D eigenvalue weighted by molar-refractivity contribution is -0.0823. The quantitative estimate of drug-likeness (QED) is 0.298. The first kappa shape index (κ1) is 24.0. The summed E-state index contributed by atoms with van der Waals surface area (Å²) in [6.07, 6.45) is 5.69. The molecular formula is C23H37IN4O. The average molecular weight is 512 g/mol. The monoisotopic (exact) mass is 512 g/mol. The van der Waals surface area contributed by atoms with Gasteiger partial charge in [0.2, 0.25) is 0 Å². The summed E-state index contributed by atoms with van der Waals surface area (Å²) in [5, 5.41) is 8.19. The van der Waals surface area contributed by atoms with Crippen molar-refractivity contribution in [2.75, 3.05) is 26.2 Å². The molecule has 0 saturated carbocycles. The van der Waals surface area contributed by atoms with Gasteiger partial charge >= 0.3 is 0 Å². The summed E-state index contributed by atoms with van der Waals surface area (Å²) in [6.45, 7) is 12.3. The summed E-state index contributed by atoms with van der Waals surface area (Å²) in [4.78, 5) is 8.24. The summed E-state index contributed by atoms with van der Waals surface area (Å²) < 4.78 is 6.10. The molecule has 1 aromatic carbocycles. The number of benzene rings is 1. The number of H-pyrrole nitrogens is 1. The fourth-order valence-corrected chi connectivity index (χ4v) is 4.19. The van der Waals surface area contributed by atoms with E-state index < -0.39 is 0 Å². The number of aromatic nitrogens is 1. The van der Waals surface area contributed by atoms with E-state index in [1.54, 1.807) is 0 Å². The molecule has 2 atom stereocenters. The fourth-order valence-electron chi connectivity index (χ4n) is 4.19. The molecule has 1 aromatic heterocycles. The molecule has 1 saturated heterocycles. The van der Waals surface area contributed by atoms with Crippen LogP contribution in [0, 0.1) is 11.3 Å². The first-order valence-electron chi connectivity index (χ1n) is 10.7. The standard InChI is InChI=1S/C23H36N4O.HI/c1-5-24-22(27-16-18-9-8-14-28-21(18)23(2,3)4)25-13-12-17-15-26-20-11-7-6-10-19(17)20;/h6-7,10-11,15,18,21,26H,5,8-9,12-14,16H2,1-4H3,(H2,24,25,27);1H. The van der Waals surface area contributed by atoms with Crippen molar-refractivity contribution in [3.8, 4) is 0 Å². The van der Waals surface area contributed by atoms with Gasteiger partial charge in [0, 0.05) is 49.3 Å². The number of fused-ring (bicyclic) bond motifs is 1. The minimum Gasteiger partial charge on any atom is -0.377 e. The van der Waals surface area contributed by atoms with Gasteiger partial charge in [-0.1, -0.05) is 39.0 Å². The Morgan fingerprint density at radius 3 is 2.79 bits per heavy atom. The summed E-state index contributed by atoms with van der Waals surface area (Å²) in [5.41, 5.74) is 2.69. The van der Waals surface area contributed by atoms with Gasteiger partial charge in [0.25, 0.3) is 0 Å². The zero-order chi connectivity index (χ0) is 20.0. The molecule has 3 N–H and O–H groups in total. The van der Waals surface area contributed by atoms with Crippen LogP contribution < -0.4 is 10.6 Å². The van der Waals surface area contributed by atoms with Crippen molar-refractivity contribution in [3.63, 3.8) is 0 Å². The number of nitrogens with one attached hydrogen (secondary N) is 3. The van der Waals surface area contributed by atoms with Gasteiger partial charge in [0.15, 0.2) is 5.96 Å². The van der Waals surface area contributed by atoms with Crippen LogP contribution in [0.15, 0.2) is 35.5 Å². The van der Waals surface area contributed by atoms with Crippen molar-refractivity contribution in [2.45, 2.75) is 53.1 Å². The molecule has 6 heteroatoms. The van der Waals surface area contributed by atoms with Crippen LogP contribution >= 0.6 is 24.0 Å². The molecule has 0 spiro atoms. The van der Waals surface area contributed by atoms with Crippen LogP contribution in [0.1, 0.15) is 46.1 Å². The second-order valence-electron chi connectivity index (χ2n) is 8.82. The highest BCUT2D eigenvalue weighted by atomic mass is 127. The highest BCUT2D eigenvalue weighted by Crippen LogP contribution is 2.34. The van der Waals surface area contributed by atoms with Gasteiger partial charge in [-0.05, 0) is 43.2 Å². The topological polar surface area (TPSA) is 61.4 Å². The maximum atomic E-state index is 6.10. The third-order valence-electron chi connectivity index (χ3n) is 5.49. The Bertz CT molecular complexity index is 781. The molecule has 5 nitrogen and oxygen atoms in total. The Labute approximate surface area is 192 Å². The minimum atomic E-state index is 0. The van der Waals surface area contributed by atoms with Crippen LogP contribution in [0.4, 0.5) is 0 Å². The Morgan fingerprint density at radius 1 is 1.24 bits per heavy atom. The lowest BCUT2D eigenvalue weighted by atomic mass is 9.78. The lowest BCUT2D eigenvalue weighted by Crippen LogP contribution is -2.43. The molecule has 29 heavy (non-hydrogen) atoms. The number of ether oxygens (including phenoxy) is 1. The number of para-hydroxylation sites is 1. The number of hydrogen-bond donors (Lipinski definition) is 3. The Morgan fingerprint density at radius 2 is 2.03 bits per heavy atom. The predicted molar refractivity (Wildman–Crippen MR) is 133 cm³/mol. The molecule has 0 aliphatic carbocycles. The summed E-state index contributed by atoms with van der Waals surface area (Å²) in [6, 6.07) is 8.46. The molecule has 0 radical (unpaired) electrons. The number of hydrogen-bond acceptors (Lipinski definition) is 2. The van der Waals surface area contributed by atoms with Crippen molar-refractivity contribution in [1.29, 1.82) is 0 Å². The van der Waals surface area contributed by atoms with E-state index in [9.17, 15) is 0 Å². The molecule has 1 fully saturated rings. The van der Waals surface area contributed by atoms with Gasteiger partial charge in [-0.3, -0.25) is 4.99 Å². The first-order valence-corrected chi connectivity index (χ1v) is 10.7. The Hall–Kier alpha value is -1.28. The number of aliphatic imine (C=N–C) groups is 1. The second kappa shape index (κ2) is 11.2. The molecule has 1 aliphatic heterocycles. The van der Waals surface area contributed by atoms with Gasteiger partial charge in [0.05, 0.1) is 6.10 Å². The molecule has 2 heterocycles. The highest BCUT2D eigenvalue weighted by Gasteiger charge is 2.35.